The molecule has 1 aromatic carbocycles. The maximum absolute atomic E-state index is 13.7. The molecule has 1 aliphatic heterocycles. The quantitative estimate of drug-likeness (QED) is 0.665. The largest absolute Gasteiger partial charge is 0.435 e. The number of aromatic nitrogens is 2. The number of hydrogen-bond acceptors (Lipinski definition) is 5. The Morgan fingerprint density at radius 2 is 1.94 bits per heavy atom. The summed E-state index contributed by atoms with van der Waals surface area (Å²) in [4.78, 5) is 24.6. The van der Waals surface area contributed by atoms with Gasteiger partial charge in [-0.25, -0.2) is 4.68 Å². The molecule has 1 fully saturated rings. The Morgan fingerprint density at radius 1 is 1.25 bits per heavy atom. The van der Waals surface area contributed by atoms with Crippen LogP contribution in [0.3, 0.4) is 0 Å². The molecule has 1 amide bonds. The summed E-state index contributed by atoms with van der Waals surface area (Å²) in [7, 11) is 0. The first-order valence-corrected chi connectivity index (χ1v) is 10.6. The molecule has 1 aliphatic carbocycles. The number of halogens is 3. The van der Waals surface area contributed by atoms with E-state index in [4.69, 9.17) is 5.73 Å². The van der Waals surface area contributed by atoms with Crippen LogP contribution in [0.25, 0.3) is 5.69 Å². The van der Waals surface area contributed by atoms with Crippen molar-refractivity contribution in [3.8, 4) is 5.69 Å². The second-order valence-corrected chi connectivity index (χ2v) is 9.28. The third kappa shape index (κ3) is 4.23. The molecule has 1 saturated heterocycles. The summed E-state index contributed by atoms with van der Waals surface area (Å²) < 4.78 is 42.4. The van der Waals surface area contributed by atoms with Crippen LogP contribution >= 0.6 is 0 Å². The van der Waals surface area contributed by atoms with E-state index >= 15 is 0 Å². The van der Waals surface area contributed by atoms with Gasteiger partial charge >= 0.3 is 6.18 Å². The first kappa shape index (κ1) is 22.3. The minimum absolute atomic E-state index is 0.0257. The number of primary amides is 1. The number of fused-ring (bicyclic) bond motifs is 1. The standard InChI is InChI=1S/C22H26F3N5O2/c1-21(2)10-16-18(17(31)11-21)19(22(23,24)25)29-30(16)13-3-4-14(20(26)32)15(9-13)28-12-5-7-27-8-6-12/h3-4,9,12,27-28H,5-8,10-11H2,1-2H3,(H2,26,32). The molecule has 1 aromatic heterocycles. The van der Waals surface area contributed by atoms with E-state index in [0.717, 1.165) is 25.9 Å². The lowest BCUT2D eigenvalue weighted by Crippen LogP contribution is -2.35. The number of nitrogens with zero attached hydrogens (tertiary/aromatic N) is 2. The van der Waals surface area contributed by atoms with Gasteiger partial charge in [-0.3, -0.25) is 9.59 Å². The lowest BCUT2D eigenvalue weighted by Gasteiger charge is -2.29. The third-order valence-corrected chi connectivity index (χ3v) is 6.03. The van der Waals surface area contributed by atoms with E-state index in [1.54, 1.807) is 6.07 Å². The summed E-state index contributed by atoms with van der Waals surface area (Å²) in [5.41, 5.74) is 4.78. The van der Waals surface area contributed by atoms with Gasteiger partial charge in [0.1, 0.15) is 0 Å². The number of nitrogens with one attached hydrogen (secondary N) is 2. The van der Waals surface area contributed by atoms with Crippen molar-refractivity contribution in [2.45, 2.75) is 51.7 Å². The molecule has 0 bridgehead atoms. The maximum Gasteiger partial charge on any atom is 0.435 e. The number of alkyl halides is 3. The van der Waals surface area contributed by atoms with Gasteiger partial charge in [0.05, 0.1) is 22.5 Å². The molecule has 4 N–H and O–H groups in total. The van der Waals surface area contributed by atoms with Crippen LogP contribution < -0.4 is 16.4 Å². The number of piperidine rings is 1. The Bertz CT molecular complexity index is 1070. The Kier molecular flexibility index (Phi) is 5.52. The molecule has 0 saturated carbocycles. The van der Waals surface area contributed by atoms with E-state index in [1.807, 2.05) is 13.8 Å². The van der Waals surface area contributed by atoms with E-state index in [-0.39, 0.29) is 35.7 Å². The summed E-state index contributed by atoms with van der Waals surface area (Å²) in [5, 5.41) is 10.4. The molecule has 0 spiro atoms. The highest BCUT2D eigenvalue weighted by atomic mass is 19.4. The SMILES string of the molecule is CC1(C)CC(=O)c2c(C(F)(F)F)nn(-c3ccc(C(N)=O)c(NC4CCNCC4)c3)c2C1. The van der Waals surface area contributed by atoms with Crippen LogP contribution in [-0.4, -0.2) is 40.6 Å². The van der Waals surface area contributed by atoms with Crippen LogP contribution in [0.15, 0.2) is 18.2 Å². The van der Waals surface area contributed by atoms with Crippen molar-refractivity contribution < 1.29 is 22.8 Å². The highest BCUT2D eigenvalue weighted by molar-refractivity contribution is 6.00. The van der Waals surface area contributed by atoms with Gasteiger partial charge in [-0.15, -0.1) is 0 Å². The summed E-state index contributed by atoms with van der Waals surface area (Å²) in [6, 6.07) is 4.68. The molecular weight excluding hydrogens is 423 g/mol. The van der Waals surface area contributed by atoms with Crippen molar-refractivity contribution in [3.05, 3.63) is 40.7 Å². The summed E-state index contributed by atoms with van der Waals surface area (Å²) in [6.07, 6.45) is -2.79. The number of amides is 1. The topological polar surface area (TPSA) is 102 Å². The van der Waals surface area contributed by atoms with E-state index < -0.39 is 29.0 Å². The van der Waals surface area contributed by atoms with Crippen molar-refractivity contribution in [3.63, 3.8) is 0 Å². The number of rotatable bonds is 4. The lowest BCUT2D eigenvalue weighted by atomic mass is 9.75. The Hall–Kier alpha value is -2.88. The first-order valence-electron chi connectivity index (χ1n) is 10.6. The molecule has 0 atom stereocenters. The highest BCUT2D eigenvalue weighted by Crippen LogP contribution is 2.42. The number of Topliss-reactive ketones (excluding diaryl/α,β-unsaturated/α-hetero) is 1. The van der Waals surface area contributed by atoms with Gasteiger partial charge in [0.15, 0.2) is 11.5 Å². The number of carbonyl (C=O) groups excluding carboxylic acids is 2. The fourth-order valence-corrected chi connectivity index (χ4v) is 4.54. The smallest absolute Gasteiger partial charge is 0.382 e. The van der Waals surface area contributed by atoms with Gasteiger partial charge in [-0.2, -0.15) is 18.3 Å². The van der Waals surface area contributed by atoms with E-state index in [2.05, 4.69) is 15.7 Å². The minimum Gasteiger partial charge on any atom is -0.382 e. The Morgan fingerprint density at radius 3 is 2.56 bits per heavy atom. The molecule has 7 nitrogen and oxygen atoms in total. The molecule has 2 aromatic rings. The number of anilines is 1. The van der Waals surface area contributed by atoms with Gasteiger partial charge in [0.2, 0.25) is 0 Å². The van der Waals surface area contributed by atoms with Crippen LogP contribution in [0.1, 0.15) is 65.2 Å². The van der Waals surface area contributed by atoms with E-state index in [0.29, 0.717) is 11.4 Å². The predicted molar refractivity (Wildman–Crippen MR) is 113 cm³/mol. The monoisotopic (exact) mass is 449 g/mol. The van der Waals surface area contributed by atoms with Crippen molar-refractivity contribution in [1.29, 1.82) is 0 Å². The normalized spacial score (nSPS) is 19.0. The molecule has 2 heterocycles. The van der Waals surface area contributed by atoms with Gasteiger partial charge in [0.25, 0.3) is 5.91 Å². The zero-order valence-electron chi connectivity index (χ0n) is 18.0. The number of nitrogens with two attached hydrogens (primary N) is 1. The highest BCUT2D eigenvalue weighted by Gasteiger charge is 2.45. The van der Waals surface area contributed by atoms with Crippen LogP contribution in [0, 0.1) is 5.41 Å². The molecule has 172 valence electrons. The van der Waals surface area contributed by atoms with E-state index in [9.17, 15) is 22.8 Å². The molecule has 10 heteroatoms. The van der Waals surface area contributed by atoms with Crippen molar-refractivity contribution in [2.24, 2.45) is 11.1 Å². The molecule has 0 radical (unpaired) electrons. The third-order valence-electron chi connectivity index (χ3n) is 6.03. The van der Waals surface area contributed by atoms with Gasteiger partial charge < -0.3 is 16.4 Å². The van der Waals surface area contributed by atoms with Gasteiger partial charge in [-0.05, 0) is 56.0 Å². The summed E-state index contributed by atoms with van der Waals surface area (Å²) in [5.74, 6) is -1.19. The van der Waals surface area contributed by atoms with Crippen molar-refractivity contribution >= 4 is 17.4 Å². The zero-order valence-corrected chi connectivity index (χ0v) is 18.0. The second-order valence-electron chi connectivity index (χ2n) is 9.28. The van der Waals surface area contributed by atoms with Crippen molar-refractivity contribution in [1.82, 2.24) is 15.1 Å². The number of ketones is 1. The maximum atomic E-state index is 13.7. The van der Waals surface area contributed by atoms with Crippen LogP contribution in [-0.2, 0) is 12.6 Å². The van der Waals surface area contributed by atoms with Crippen molar-refractivity contribution in [2.75, 3.05) is 18.4 Å². The number of hydrogen-bond donors (Lipinski definition) is 3. The predicted octanol–water partition coefficient (Wildman–Crippen LogP) is 3.31. The fraction of sp³-hybridized carbons (Fsp3) is 0.500. The van der Waals surface area contributed by atoms with Crippen LogP contribution in [0.2, 0.25) is 0 Å². The minimum atomic E-state index is -4.75. The Balaban J connectivity index is 1.83. The van der Waals surface area contributed by atoms with Gasteiger partial charge in [-0.1, -0.05) is 13.8 Å². The lowest BCUT2D eigenvalue weighted by molar-refractivity contribution is -0.141. The molecule has 0 unspecified atom stereocenters. The van der Waals surface area contributed by atoms with Gasteiger partial charge in [0, 0.05) is 18.2 Å². The zero-order chi connectivity index (χ0) is 23.3. The van der Waals surface area contributed by atoms with E-state index in [1.165, 1.54) is 16.8 Å². The fourth-order valence-electron chi connectivity index (χ4n) is 4.54. The summed E-state index contributed by atoms with van der Waals surface area (Å²) in [6.45, 7) is 5.33. The average molecular weight is 449 g/mol. The van der Waals surface area contributed by atoms with Crippen LogP contribution in [0.4, 0.5) is 18.9 Å². The molecule has 32 heavy (non-hydrogen) atoms. The first-order chi connectivity index (χ1) is 15.0. The summed E-state index contributed by atoms with van der Waals surface area (Å²) >= 11 is 0. The second kappa shape index (κ2) is 7.91. The number of benzene rings is 1. The molecular formula is C22H26F3N5O2. The Labute approximate surface area is 183 Å². The number of carbonyl (C=O) groups is 2. The molecule has 4 rings (SSSR count). The molecule has 2 aliphatic rings. The van der Waals surface area contributed by atoms with Crippen LogP contribution in [0.5, 0.6) is 0 Å². The average Bonchev–Trinajstić information content (AvgIpc) is 3.07.